The summed E-state index contributed by atoms with van der Waals surface area (Å²) in [7, 11) is 3.06. The predicted octanol–water partition coefficient (Wildman–Crippen LogP) is 1.82. The van der Waals surface area contributed by atoms with E-state index in [9.17, 15) is 19.2 Å². The van der Waals surface area contributed by atoms with Crippen LogP contribution in [0.1, 0.15) is 46.6 Å². The monoisotopic (exact) mass is 524 g/mol. The van der Waals surface area contributed by atoms with E-state index >= 15 is 0 Å². The molecule has 0 unspecified atom stereocenters. The number of amides is 4. The SMILES string of the molecule is CNC(=O)[C@H](Cc1ccc(OC)cc1)NC(=O)[C@H](CC(C)C)NC(=O)[C@H](S)CNC(=O)OC(C)(C)C. The molecule has 1 rings (SSSR count). The van der Waals surface area contributed by atoms with Gasteiger partial charge in [-0.15, -0.1) is 0 Å². The number of alkyl carbamates (subject to hydrolysis) is 1. The second kappa shape index (κ2) is 14.6. The molecular weight excluding hydrogens is 484 g/mol. The summed E-state index contributed by atoms with van der Waals surface area (Å²) in [5.74, 6) is -0.607. The normalized spacial score (nSPS) is 13.7. The number of thiol groups is 1. The number of carbonyl (C=O) groups excluding carboxylic acids is 4. The number of rotatable bonds is 12. The van der Waals surface area contributed by atoms with Crippen molar-refractivity contribution >= 4 is 36.4 Å². The smallest absolute Gasteiger partial charge is 0.407 e. The van der Waals surface area contributed by atoms with E-state index in [4.69, 9.17) is 9.47 Å². The van der Waals surface area contributed by atoms with Crippen LogP contribution in [0.15, 0.2) is 24.3 Å². The van der Waals surface area contributed by atoms with Crippen LogP contribution < -0.4 is 26.0 Å². The van der Waals surface area contributed by atoms with Gasteiger partial charge in [-0.3, -0.25) is 14.4 Å². The van der Waals surface area contributed by atoms with Crippen LogP contribution in [0.25, 0.3) is 0 Å². The van der Waals surface area contributed by atoms with Crippen molar-refractivity contribution in [1.29, 1.82) is 0 Å². The van der Waals surface area contributed by atoms with E-state index in [1.54, 1.807) is 40.0 Å². The molecule has 36 heavy (non-hydrogen) atoms. The molecule has 0 saturated carbocycles. The fraction of sp³-hybridized carbons (Fsp3) is 0.600. The Hall–Kier alpha value is -2.95. The Morgan fingerprint density at radius 2 is 1.53 bits per heavy atom. The fourth-order valence-corrected chi connectivity index (χ4v) is 3.38. The minimum Gasteiger partial charge on any atom is -0.497 e. The lowest BCUT2D eigenvalue weighted by Gasteiger charge is -2.25. The molecule has 0 aliphatic heterocycles. The van der Waals surface area contributed by atoms with Gasteiger partial charge in [-0.05, 0) is 50.8 Å². The zero-order valence-corrected chi connectivity index (χ0v) is 23.0. The van der Waals surface area contributed by atoms with Gasteiger partial charge in [-0.25, -0.2) is 4.79 Å². The Morgan fingerprint density at radius 1 is 0.944 bits per heavy atom. The molecular formula is C25H40N4O6S. The van der Waals surface area contributed by atoms with Gasteiger partial charge in [0.1, 0.15) is 23.4 Å². The first-order valence-electron chi connectivity index (χ1n) is 11.9. The third-order valence-corrected chi connectivity index (χ3v) is 5.38. The lowest BCUT2D eigenvalue weighted by molar-refractivity contribution is -0.132. The van der Waals surface area contributed by atoms with Crippen LogP contribution in [0.4, 0.5) is 4.79 Å². The molecule has 0 aliphatic carbocycles. The van der Waals surface area contributed by atoms with Crippen molar-refractivity contribution in [3.8, 4) is 5.75 Å². The van der Waals surface area contributed by atoms with E-state index in [1.807, 2.05) is 26.0 Å². The fourth-order valence-electron chi connectivity index (χ4n) is 3.21. The second-order valence-corrected chi connectivity index (χ2v) is 10.4. The van der Waals surface area contributed by atoms with Gasteiger partial charge in [0.05, 0.1) is 12.4 Å². The van der Waals surface area contributed by atoms with Gasteiger partial charge in [0, 0.05) is 20.0 Å². The lowest BCUT2D eigenvalue weighted by atomic mass is 10.0. The number of carbonyl (C=O) groups is 4. The third kappa shape index (κ3) is 11.7. The van der Waals surface area contributed by atoms with Crippen molar-refractivity contribution in [3.05, 3.63) is 29.8 Å². The second-order valence-electron chi connectivity index (χ2n) is 9.82. The van der Waals surface area contributed by atoms with Crippen molar-refractivity contribution in [1.82, 2.24) is 21.3 Å². The van der Waals surface area contributed by atoms with E-state index in [-0.39, 0.29) is 24.8 Å². The van der Waals surface area contributed by atoms with Crippen LogP contribution in [0, 0.1) is 5.92 Å². The maximum absolute atomic E-state index is 13.1. The standard InChI is InChI=1S/C25H40N4O6S/c1-15(2)12-18(29-23(32)20(36)14-27-24(33)35-25(3,4)5)22(31)28-19(21(30)26-6)13-16-8-10-17(34-7)11-9-16/h8-11,15,18-20,36H,12-14H2,1-7H3,(H,26,30)(H,27,33)(H,28,31)(H,29,32)/t18-,19-,20+/m0/s1. The van der Waals surface area contributed by atoms with Crippen LogP contribution in [-0.2, 0) is 25.5 Å². The summed E-state index contributed by atoms with van der Waals surface area (Å²) in [4.78, 5) is 50.2. The molecule has 11 heteroatoms. The molecule has 0 bridgehead atoms. The van der Waals surface area contributed by atoms with E-state index in [2.05, 4.69) is 33.9 Å². The van der Waals surface area contributed by atoms with Gasteiger partial charge in [0.15, 0.2) is 0 Å². The minimum absolute atomic E-state index is 0.0827. The first-order valence-corrected chi connectivity index (χ1v) is 12.4. The molecule has 0 spiro atoms. The molecule has 4 N–H and O–H groups in total. The number of nitrogens with one attached hydrogen (secondary N) is 4. The number of ether oxygens (including phenoxy) is 2. The van der Waals surface area contributed by atoms with Crippen molar-refractivity contribution in [2.24, 2.45) is 5.92 Å². The highest BCUT2D eigenvalue weighted by molar-refractivity contribution is 7.81. The maximum Gasteiger partial charge on any atom is 0.407 e. The first kappa shape index (κ1) is 31.1. The highest BCUT2D eigenvalue weighted by atomic mass is 32.1. The topological polar surface area (TPSA) is 135 Å². The van der Waals surface area contributed by atoms with Gasteiger partial charge in [0.2, 0.25) is 17.7 Å². The highest BCUT2D eigenvalue weighted by Crippen LogP contribution is 2.14. The summed E-state index contributed by atoms with van der Waals surface area (Å²) in [6.45, 7) is 8.94. The molecule has 4 amide bonds. The molecule has 10 nitrogen and oxygen atoms in total. The van der Waals surface area contributed by atoms with Crippen LogP contribution in [0.2, 0.25) is 0 Å². The number of likely N-dealkylation sites (N-methyl/N-ethyl adjacent to an activating group) is 1. The van der Waals surface area contributed by atoms with Gasteiger partial charge in [0.25, 0.3) is 0 Å². The average Bonchev–Trinajstić information content (AvgIpc) is 2.80. The molecule has 0 heterocycles. The predicted molar refractivity (Wildman–Crippen MR) is 141 cm³/mol. The molecule has 0 radical (unpaired) electrons. The zero-order valence-electron chi connectivity index (χ0n) is 22.1. The van der Waals surface area contributed by atoms with Crippen molar-refractivity contribution < 1.29 is 28.7 Å². The molecule has 1 aromatic carbocycles. The van der Waals surface area contributed by atoms with Gasteiger partial charge < -0.3 is 30.7 Å². The average molecular weight is 525 g/mol. The van der Waals surface area contributed by atoms with Crippen LogP contribution in [-0.4, -0.2) is 67.5 Å². The Labute approximate surface area is 219 Å². The van der Waals surface area contributed by atoms with E-state index in [1.165, 1.54) is 7.05 Å². The van der Waals surface area contributed by atoms with Crippen LogP contribution >= 0.6 is 12.6 Å². The van der Waals surface area contributed by atoms with Crippen molar-refractivity contribution in [2.45, 2.75) is 70.4 Å². The summed E-state index contributed by atoms with van der Waals surface area (Å²) >= 11 is 4.26. The molecule has 202 valence electrons. The van der Waals surface area contributed by atoms with Gasteiger partial charge in [-0.1, -0.05) is 26.0 Å². The lowest BCUT2D eigenvalue weighted by Crippen LogP contribution is -2.55. The maximum atomic E-state index is 13.1. The van der Waals surface area contributed by atoms with Gasteiger partial charge >= 0.3 is 6.09 Å². The zero-order chi connectivity index (χ0) is 27.5. The number of hydrogen-bond donors (Lipinski definition) is 5. The number of benzene rings is 1. The Bertz CT molecular complexity index is 886. The van der Waals surface area contributed by atoms with Gasteiger partial charge in [-0.2, -0.15) is 12.6 Å². The first-order chi connectivity index (χ1) is 16.7. The molecule has 0 aliphatic rings. The largest absolute Gasteiger partial charge is 0.497 e. The van der Waals surface area contributed by atoms with Crippen LogP contribution in [0.3, 0.4) is 0 Å². The summed E-state index contributed by atoms with van der Waals surface area (Å²) in [6, 6.07) is 5.45. The Kier molecular flexibility index (Phi) is 12.6. The highest BCUT2D eigenvalue weighted by Gasteiger charge is 2.29. The van der Waals surface area contributed by atoms with E-state index in [0.29, 0.717) is 12.2 Å². The number of methoxy groups -OCH3 is 1. The van der Waals surface area contributed by atoms with E-state index < -0.39 is 40.8 Å². The molecule has 1 aromatic rings. The quantitative estimate of drug-likeness (QED) is 0.265. The summed E-state index contributed by atoms with van der Waals surface area (Å²) in [6.07, 6.45) is -0.0642. The van der Waals surface area contributed by atoms with Crippen molar-refractivity contribution in [3.63, 3.8) is 0 Å². The molecule has 0 aromatic heterocycles. The van der Waals surface area contributed by atoms with Crippen molar-refractivity contribution in [2.75, 3.05) is 20.7 Å². The third-order valence-electron chi connectivity index (χ3n) is 4.96. The van der Waals surface area contributed by atoms with E-state index in [0.717, 1.165) is 5.56 Å². The van der Waals surface area contributed by atoms with Crippen LogP contribution in [0.5, 0.6) is 5.75 Å². The summed E-state index contributed by atoms with van der Waals surface area (Å²) in [5, 5.41) is 9.60. The minimum atomic E-state index is -0.908. The molecule has 0 fully saturated rings. The Morgan fingerprint density at radius 3 is 2.03 bits per heavy atom. The molecule has 3 atom stereocenters. The molecule has 0 saturated heterocycles. The summed E-state index contributed by atoms with van der Waals surface area (Å²) < 4.78 is 10.3. The Balaban J connectivity index is 2.85. The summed E-state index contributed by atoms with van der Waals surface area (Å²) in [5.41, 5.74) is 0.157. The number of hydrogen-bond acceptors (Lipinski definition) is 7.